The second-order valence-corrected chi connectivity index (χ2v) is 15.7. The summed E-state index contributed by atoms with van der Waals surface area (Å²) < 4.78 is 50.1. The number of anilines is 2. The fraction of sp³-hybridized carbons (Fsp3) is 0.475. The molecule has 1 saturated carbocycles. The number of rotatable bonds is 12. The Balaban J connectivity index is 1.23. The third kappa shape index (κ3) is 11.1. The first-order chi connectivity index (χ1) is 28.1. The number of piperidine rings is 1. The number of halogens is 3. The van der Waals surface area contributed by atoms with Crippen molar-refractivity contribution in [2.75, 3.05) is 29.4 Å². The summed E-state index contributed by atoms with van der Waals surface area (Å²) >= 11 is 0. The lowest BCUT2D eigenvalue weighted by Gasteiger charge is -2.36. The Hall–Kier alpha value is -6.14. The zero-order valence-electron chi connectivity index (χ0n) is 33.0. The molecule has 19 heteroatoms. The number of esters is 1. The highest BCUT2D eigenvalue weighted by atomic mass is 19.4. The lowest BCUT2D eigenvalue weighted by Crippen LogP contribution is -2.52. The molecule has 0 radical (unpaired) electrons. The van der Waals surface area contributed by atoms with Crippen LogP contribution in [0.1, 0.15) is 71.3 Å². The molecule has 3 heterocycles. The summed E-state index contributed by atoms with van der Waals surface area (Å²) in [7, 11) is 0. The number of aromatic nitrogens is 6. The van der Waals surface area contributed by atoms with Crippen molar-refractivity contribution in [3.05, 3.63) is 60.3 Å². The van der Waals surface area contributed by atoms with Crippen molar-refractivity contribution in [3.8, 4) is 28.4 Å². The molecule has 0 unspecified atom stereocenters. The topological polar surface area (TPSA) is 212 Å². The molecule has 1 aliphatic carbocycles. The number of alkyl halides is 3. The Labute approximate surface area is 338 Å². The highest BCUT2D eigenvalue weighted by molar-refractivity contribution is 6.02. The highest BCUT2D eigenvalue weighted by Gasteiger charge is 2.42. The van der Waals surface area contributed by atoms with Gasteiger partial charge >= 0.3 is 18.2 Å². The van der Waals surface area contributed by atoms with E-state index < -0.39 is 47.6 Å². The third-order valence-electron chi connectivity index (χ3n) is 10.3. The molecule has 0 bridgehead atoms. The molecule has 2 aromatic heterocycles. The van der Waals surface area contributed by atoms with Crippen LogP contribution in [-0.4, -0.2) is 91.9 Å². The Bertz CT molecular complexity index is 2080. The number of carbonyl (C=O) groups excluding carboxylic acids is 4. The van der Waals surface area contributed by atoms with E-state index in [1.165, 1.54) is 11.1 Å². The Morgan fingerprint density at radius 2 is 1.61 bits per heavy atom. The van der Waals surface area contributed by atoms with Crippen LogP contribution in [0.15, 0.2) is 54.7 Å². The van der Waals surface area contributed by atoms with Gasteiger partial charge in [-0.05, 0) is 112 Å². The molecular formula is C40H47F3N10O6. The molecule has 314 valence electrons. The number of alkyl carbamates (subject to hydrolysis) is 1. The number of hydrogen-bond donors (Lipinski definition) is 3. The number of primary amides is 1. The lowest BCUT2D eigenvalue weighted by atomic mass is 9.81. The number of nitrogens with two attached hydrogens (primary N) is 1. The predicted molar refractivity (Wildman–Crippen MR) is 209 cm³/mol. The van der Waals surface area contributed by atoms with Gasteiger partial charge in [-0.15, -0.1) is 10.2 Å². The van der Waals surface area contributed by atoms with Crippen molar-refractivity contribution in [1.29, 1.82) is 0 Å². The fourth-order valence-corrected chi connectivity index (χ4v) is 7.26. The molecule has 4 N–H and O–H groups in total. The van der Waals surface area contributed by atoms with E-state index in [2.05, 4.69) is 35.9 Å². The van der Waals surface area contributed by atoms with Gasteiger partial charge in [0.1, 0.15) is 11.6 Å². The lowest BCUT2D eigenvalue weighted by molar-refractivity contribution is -0.189. The van der Waals surface area contributed by atoms with E-state index in [-0.39, 0.29) is 29.8 Å². The van der Waals surface area contributed by atoms with Gasteiger partial charge in [-0.2, -0.15) is 23.4 Å². The quantitative estimate of drug-likeness (QED) is 0.150. The van der Waals surface area contributed by atoms with Crippen LogP contribution in [0.3, 0.4) is 0 Å². The fourth-order valence-electron chi connectivity index (χ4n) is 7.26. The van der Waals surface area contributed by atoms with Gasteiger partial charge in [0, 0.05) is 49.4 Å². The number of carbonyl (C=O) groups is 4. The minimum atomic E-state index is -5.25. The number of ether oxygens (including phenoxy) is 2. The van der Waals surface area contributed by atoms with E-state index in [0.717, 1.165) is 19.3 Å². The van der Waals surface area contributed by atoms with Crippen LogP contribution in [0.2, 0.25) is 0 Å². The second kappa shape index (κ2) is 18.2. The summed E-state index contributed by atoms with van der Waals surface area (Å²) in [6, 6.07) is 12.1. The first-order valence-electron chi connectivity index (χ1n) is 19.5. The van der Waals surface area contributed by atoms with E-state index in [1.54, 1.807) is 69.3 Å². The van der Waals surface area contributed by atoms with E-state index in [1.807, 2.05) is 4.90 Å². The number of benzene rings is 2. The van der Waals surface area contributed by atoms with E-state index in [0.29, 0.717) is 73.5 Å². The molecule has 3 amide bonds. The van der Waals surface area contributed by atoms with Gasteiger partial charge in [0.05, 0.1) is 5.56 Å². The van der Waals surface area contributed by atoms with Gasteiger partial charge in [0.25, 0.3) is 0 Å². The Morgan fingerprint density at radius 1 is 0.949 bits per heavy atom. The maximum absolute atomic E-state index is 14.5. The number of H-pyrrole nitrogens is 1. The standard InChI is InChI=1S/C40H47F3N10O6/c1-39(2,3)59-38(57)46-22-25-9-13-28(14-10-25)35(55)53(29-17-15-27(16-18-29)33-48-50-51-49-33)31(32(44)54)21-24-7-11-26(12-8-24)30-23-45-37(52-19-5-4-6-20-52)47-34(30)58-36(56)40(41,42)43/h7-8,11-12,15-18,23,25,28,31H,4-6,9-10,13-14,19-22H2,1-3H3,(H2,44,54)(H,46,57)(H,48,49,50,51)/t25-,28-,31-/m0/s1. The van der Waals surface area contributed by atoms with Gasteiger partial charge in [0.2, 0.25) is 29.5 Å². The Morgan fingerprint density at radius 3 is 2.20 bits per heavy atom. The van der Waals surface area contributed by atoms with Gasteiger partial charge in [-0.3, -0.25) is 14.5 Å². The SMILES string of the molecule is CC(C)(C)OC(=O)NC[C@H]1CC[C@H](C(=O)N(c2ccc(-c3nn[nH]n3)cc2)[C@@H](Cc2ccc(-c3cnc(N4CCCCC4)nc3OC(=O)C(F)(F)F)cc2)C(N)=O)CC1. The average Bonchev–Trinajstić information content (AvgIpc) is 3.75. The molecular weight excluding hydrogens is 773 g/mol. The summed E-state index contributed by atoms with van der Waals surface area (Å²) in [5.74, 6) is -3.84. The number of nitrogens with zero attached hydrogens (tertiary/aromatic N) is 7. The van der Waals surface area contributed by atoms with E-state index in [4.69, 9.17) is 15.2 Å². The van der Waals surface area contributed by atoms with Gasteiger partial charge < -0.3 is 25.4 Å². The number of hydrogen-bond acceptors (Lipinski definition) is 12. The minimum absolute atomic E-state index is 0.0105. The minimum Gasteiger partial charge on any atom is -0.444 e. The van der Waals surface area contributed by atoms with Crippen LogP contribution in [0, 0.1) is 11.8 Å². The zero-order chi connectivity index (χ0) is 42.3. The second-order valence-electron chi connectivity index (χ2n) is 15.7. The highest BCUT2D eigenvalue weighted by Crippen LogP contribution is 2.35. The molecule has 2 aromatic carbocycles. The normalized spacial score (nSPS) is 17.8. The summed E-state index contributed by atoms with van der Waals surface area (Å²) in [5.41, 5.74) is 7.43. The van der Waals surface area contributed by atoms with Crippen LogP contribution >= 0.6 is 0 Å². The summed E-state index contributed by atoms with van der Waals surface area (Å²) in [4.78, 5) is 63.9. The molecule has 4 aromatic rings. The Kier molecular flexibility index (Phi) is 13.1. The van der Waals surface area contributed by atoms with Crippen molar-refractivity contribution >= 4 is 35.5 Å². The first-order valence-corrected chi connectivity index (χ1v) is 19.5. The number of aromatic amines is 1. The molecule has 1 aliphatic heterocycles. The monoisotopic (exact) mass is 820 g/mol. The summed E-state index contributed by atoms with van der Waals surface area (Å²) in [6.07, 6.45) is 0.609. The average molecular weight is 821 g/mol. The number of nitrogens with one attached hydrogen (secondary N) is 2. The molecule has 16 nitrogen and oxygen atoms in total. The van der Waals surface area contributed by atoms with Gasteiger partial charge in [-0.25, -0.2) is 14.6 Å². The molecule has 2 fully saturated rings. The van der Waals surface area contributed by atoms with Crippen molar-refractivity contribution in [2.45, 2.75) is 90.0 Å². The van der Waals surface area contributed by atoms with Crippen LogP contribution in [-0.2, 0) is 25.5 Å². The maximum Gasteiger partial charge on any atom is 0.491 e. The van der Waals surface area contributed by atoms with Crippen LogP contribution < -0.4 is 25.6 Å². The molecule has 1 saturated heterocycles. The van der Waals surface area contributed by atoms with E-state index in [9.17, 15) is 32.3 Å². The zero-order valence-corrected chi connectivity index (χ0v) is 33.0. The molecule has 59 heavy (non-hydrogen) atoms. The van der Waals surface area contributed by atoms with Crippen LogP contribution in [0.5, 0.6) is 5.88 Å². The van der Waals surface area contributed by atoms with Crippen molar-refractivity contribution < 1.29 is 41.8 Å². The van der Waals surface area contributed by atoms with Crippen LogP contribution in [0.25, 0.3) is 22.5 Å². The summed E-state index contributed by atoms with van der Waals surface area (Å²) in [6.45, 7) is 6.98. The van der Waals surface area contributed by atoms with Gasteiger partial charge in [-0.1, -0.05) is 24.3 Å². The summed E-state index contributed by atoms with van der Waals surface area (Å²) in [5, 5.41) is 16.8. The molecule has 0 spiro atoms. The smallest absolute Gasteiger partial charge is 0.444 e. The van der Waals surface area contributed by atoms with E-state index >= 15 is 0 Å². The predicted octanol–water partition coefficient (Wildman–Crippen LogP) is 5.54. The largest absolute Gasteiger partial charge is 0.491 e. The van der Waals surface area contributed by atoms with Crippen LogP contribution in [0.4, 0.5) is 29.6 Å². The molecule has 6 rings (SSSR count). The first kappa shape index (κ1) is 42.5. The third-order valence-corrected chi connectivity index (χ3v) is 10.3. The maximum atomic E-state index is 14.5. The van der Waals surface area contributed by atoms with Gasteiger partial charge in [0.15, 0.2) is 0 Å². The number of amides is 3. The van der Waals surface area contributed by atoms with Crippen molar-refractivity contribution in [2.24, 2.45) is 17.6 Å². The molecule has 1 atom stereocenters. The van der Waals surface area contributed by atoms with Crippen molar-refractivity contribution in [1.82, 2.24) is 35.9 Å². The molecule has 2 aliphatic rings. The van der Waals surface area contributed by atoms with Crippen molar-refractivity contribution in [3.63, 3.8) is 0 Å². The number of tetrazole rings is 1.